The minimum atomic E-state index is -0.984. The molecule has 9 heteroatoms. The molecular weight excluding hydrogens is 612 g/mol. The van der Waals surface area contributed by atoms with E-state index in [2.05, 4.69) is 12.7 Å². The largest absolute Gasteiger partial charge is 0.508 e. The summed E-state index contributed by atoms with van der Waals surface area (Å²) in [5.74, 6) is -1.68. The molecule has 0 bridgehead atoms. The van der Waals surface area contributed by atoms with Gasteiger partial charge in [-0.3, -0.25) is 4.79 Å². The first-order valence-corrected chi connectivity index (χ1v) is 15.7. The number of carbonyl (C=O) groups excluding carboxylic acids is 1. The lowest BCUT2D eigenvalue weighted by atomic mass is 9.83. The second kappa shape index (κ2) is 12.6. The molecule has 4 aromatic carbocycles. The number of carbonyl (C=O) groups is 1. The highest BCUT2D eigenvalue weighted by atomic mass is 16.5. The molecule has 0 fully saturated rings. The van der Waals surface area contributed by atoms with Crippen molar-refractivity contribution in [1.29, 1.82) is 0 Å². The van der Waals surface area contributed by atoms with Crippen LogP contribution < -0.4 is 9.47 Å². The number of phenols is 6. The van der Waals surface area contributed by atoms with Crippen LogP contribution in [0.25, 0.3) is 0 Å². The summed E-state index contributed by atoms with van der Waals surface area (Å²) in [4.78, 5) is 13.6. The van der Waals surface area contributed by atoms with Gasteiger partial charge in [-0.1, -0.05) is 35.9 Å². The minimum absolute atomic E-state index is 0.0220. The van der Waals surface area contributed by atoms with Crippen LogP contribution in [0.5, 0.6) is 46.0 Å². The van der Waals surface area contributed by atoms with E-state index in [1.165, 1.54) is 36.4 Å². The number of hydrogen-bond acceptors (Lipinski definition) is 9. The number of Topliss-reactive ketones (excluding diaryl/α,β-unsaturated/α-hetero) is 1. The molecule has 0 radical (unpaired) electrons. The van der Waals surface area contributed by atoms with Crippen LogP contribution in [0.1, 0.15) is 89.9 Å². The Morgan fingerprint density at radius 2 is 1.50 bits per heavy atom. The Kier molecular flexibility index (Phi) is 8.47. The van der Waals surface area contributed by atoms with Crippen molar-refractivity contribution in [2.45, 2.75) is 58.2 Å². The molecule has 6 rings (SSSR count). The normalized spacial score (nSPS) is 18.6. The molecule has 0 saturated heterocycles. The standard InChI is InChI=1S/C39H38O9/c1-19(2)5-6-22(20(3)4)13-28-30(43)16-32(45)37-33(46)18-34(48-39(28)37)27-15-29-35(17-31(27)44)47-38(21-7-9-24(40)10-8-21)36(29)23-11-25(41)14-26(42)12-23/h5,7-12,14-17,22,34,36,38,40-45H,3,6,13,18H2,1-2,4H3/t22-,34-,36+,38-/m0/s1. The van der Waals surface area contributed by atoms with Gasteiger partial charge in [0, 0.05) is 34.9 Å². The average molecular weight is 651 g/mol. The van der Waals surface area contributed by atoms with E-state index in [0.29, 0.717) is 40.8 Å². The third-order valence-electron chi connectivity index (χ3n) is 9.11. The summed E-state index contributed by atoms with van der Waals surface area (Å²) in [5.41, 5.74) is 4.48. The third-order valence-corrected chi connectivity index (χ3v) is 9.11. The molecule has 2 aliphatic heterocycles. The lowest BCUT2D eigenvalue weighted by Gasteiger charge is -2.30. The minimum Gasteiger partial charge on any atom is -0.508 e. The first-order chi connectivity index (χ1) is 22.8. The molecule has 2 aliphatic rings. The molecular formula is C39H38O9. The topological polar surface area (TPSA) is 157 Å². The van der Waals surface area contributed by atoms with E-state index < -0.39 is 29.7 Å². The molecule has 0 aliphatic carbocycles. The van der Waals surface area contributed by atoms with E-state index in [4.69, 9.17) is 9.47 Å². The fourth-order valence-electron chi connectivity index (χ4n) is 6.63. The van der Waals surface area contributed by atoms with Crippen molar-refractivity contribution in [1.82, 2.24) is 0 Å². The van der Waals surface area contributed by atoms with Crippen molar-refractivity contribution < 1.29 is 44.9 Å². The van der Waals surface area contributed by atoms with Crippen LogP contribution in [0.3, 0.4) is 0 Å². The Balaban J connectivity index is 1.44. The number of allylic oxidation sites excluding steroid dienone is 3. The summed E-state index contributed by atoms with van der Waals surface area (Å²) in [6, 6.07) is 15.0. The molecule has 0 aromatic heterocycles. The maximum Gasteiger partial charge on any atom is 0.174 e. The van der Waals surface area contributed by atoms with E-state index in [9.17, 15) is 35.4 Å². The zero-order valence-corrected chi connectivity index (χ0v) is 26.9. The average Bonchev–Trinajstić information content (AvgIpc) is 3.37. The van der Waals surface area contributed by atoms with Crippen molar-refractivity contribution in [3.05, 3.63) is 118 Å². The van der Waals surface area contributed by atoms with Gasteiger partial charge in [-0.15, -0.1) is 0 Å². The van der Waals surface area contributed by atoms with Crippen molar-refractivity contribution in [3.63, 3.8) is 0 Å². The van der Waals surface area contributed by atoms with Gasteiger partial charge in [-0.25, -0.2) is 0 Å². The van der Waals surface area contributed by atoms with Crippen LogP contribution in [0.15, 0.2) is 84.5 Å². The predicted molar refractivity (Wildman–Crippen MR) is 179 cm³/mol. The van der Waals surface area contributed by atoms with Crippen LogP contribution >= 0.6 is 0 Å². The molecule has 0 amide bonds. The number of ether oxygens (including phenoxy) is 2. The molecule has 0 unspecified atom stereocenters. The number of benzene rings is 4. The Morgan fingerprint density at radius 3 is 2.15 bits per heavy atom. The third kappa shape index (κ3) is 6.11. The van der Waals surface area contributed by atoms with E-state index in [0.717, 1.165) is 17.2 Å². The first kappa shape index (κ1) is 32.4. The number of rotatable bonds is 8. The highest BCUT2D eigenvalue weighted by molar-refractivity contribution is 6.03. The Morgan fingerprint density at radius 1 is 0.812 bits per heavy atom. The molecule has 4 atom stereocenters. The van der Waals surface area contributed by atoms with Crippen LogP contribution in [0, 0.1) is 5.92 Å². The summed E-state index contributed by atoms with van der Waals surface area (Å²) in [5, 5.41) is 63.7. The first-order valence-electron chi connectivity index (χ1n) is 15.7. The maximum absolute atomic E-state index is 13.6. The van der Waals surface area contributed by atoms with Crippen molar-refractivity contribution in [2.75, 3.05) is 0 Å². The zero-order valence-electron chi connectivity index (χ0n) is 26.9. The Labute approximate surface area is 278 Å². The highest BCUT2D eigenvalue weighted by Gasteiger charge is 2.41. The molecule has 248 valence electrons. The summed E-state index contributed by atoms with van der Waals surface area (Å²) in [7, 11) is 0. The molecule has 0 spiro atoms. The molecule has 4 aromatic rings. The van der Waals surface area contributed by atoms with Gasteiger partial charge >= 0.3 is 0 Å². The van der Waals surface area contributed by atoms with Crippen LogP contribution in [0.4, 0.5) is 0 Å². The second-order valence-electron chi connectivity index (χ2n) is 12.9. The number of ketones is 1. The zero-order chi connectivity index (χ0) is 34.4. The van der Waals surface area contributed by atoms with Gasteiger partial charge in [0.25, 0.3) is 0 Å². The van der Waals surface area contributed by atoms with Crippen molar-refractivity contribution >= 4 is 5.78 Å². The summed E-state index contributed by atoms with van der Waals surface area (Å²) < 4.78 is 12.8. The molecule has 48 heavy (non-hydrogen) atoms. The Bertz CT molecular complexity index is 1930. The SMILES string of the molecule is C=C(C)[C@@H](CC=C(C)C)Cc1c(O)cc(O)c2c1O[C@H](c1cc3c(cc1O)O[C@@H](c1ccc(O)cc1)[C@@H]3c1cc(O)cc(O)c1)CC2=O. The lowest BCUT2D eigenvalue weighted by molar-refractivity contribution is 0.0838. The monoisotopic (exact) mass is 650 g/mol. The van der Waals surface area contributed by atoms with Gasteiger partial charge in [0.05, 0.1) is 12.3 Å². The number of hydrogen-bond donors (Lipinski definition) is 6. The second-order valence-corrected chi connectivity index (χ2v) is 12.9. The fourth-order valence-corrected chi connectivity index (χ4v) is 6.63. The summed E-state index contributed by atoms with van der Waals surface area (Å²) >= 11 is 0. The number of phenolic OH excluding ortho intramolecular Hbond substituents is 6. The number of aromatic hydroxyl groups is 6. The molecule has 2 heterocycles. The van der Waals surface area contributed by atoms with Crippen LogP contribution in [0.2, 0.25) is 0 Å². The van der Waals surface area contributed by atoms with Crippen molar-refractivity contribution in [2.24, 2.45) is 5.92 Å². The molecule has 0 saturated carbocycles. The summed E-state index contributed by atoms with van der Waals surface area (Å²) in [6.45, 7) is 10.0. The van der Waals surface area contributed by atoms with Gasteiger partial charge in [0.2, 0.25) is 0 Å². The maximum atomic E-state index is 13.6. The fraction of sp³-hybridized carbons (Fsp3) is 0.256. The quantitative estimate of drug-likeness (QED) is 0.104. The van der Waals surface area contributed by atoms with Gasteiger partial charge < -0.3 is 40.1 Å². The van der Waals surface area contributed by atoms with E-state index in [-0.39, 0.29) is 58.0 Å². The lowest BCUT2D eigenvalue weighted by Crippen LogP contribution is -2.22. The van der Waals surface area contributed by atoms with Crippen LogP contribution in [-0.2, 0) is 6.42 Å². The highest BCUT2D eigenvalue weighted by Crippen LogP contribution is 2.54. The molecule has 9 nitrogen and oxygen atoms in total. The van der Waals surface area contributed by atoms with Gasteiger partial charge in [0.15, 0.2) is 5.78 Å². The van der Waals surface area contributed by atoms with Gasteiger partial charge in [0.1, 0.15) is 63.8 Å². The molecule has 6 N–H and O–H groups in total. The van der Waals surface area contributed by atoms with Gasteiger partial charge in [-0.2, -0.15) is 0 Å². The summed E-state index contributed by atoms with van der Waals surface area (Å²) in [6.07, 6.45) is 1.20. The van der Waals surface area contributed by atoms with Crippen LogP contribution in [-0.4, -0.2) is 36.4 Å². The van der Waals surface area contributed by atoms with Crippen molar-refractivity contribution in [3.8, 4) is 46.0 Å². The van der Waals surface area contributed by atoms with E-state index >= 15 is 0 Å². The Hall–Kier alpha value is -5.57. The number of fused-ring (bicyclic) bond motifs is 2. The predicted octanol–water partition coefficient (Wildman–Crippen LogP) is 7.98. The van der Waals surface area contributed by atoms with Gasteiger partial charge in [-0.05, 0) is 81.0 Å². The van der Waals surface area contributed by atoms with E-state index in [1.807, 2.05) is 20.8 Å². The van der Waals surface area contributed by atoms with E-state index in [1.54, 1.807) is 18.2 Å². The smallest absolute Gasteiger partial charge is 0.174 e.